The highest BCUT2D eigenvalue weighted by Crippen LogP contribution is 2.71. The van der Waals surface area contributed by atoms with Crippen LogP contribution in [0.2, 0.25) is 0 Å². The van der Waals surface area contributed by atoms with Crippen molar-refractivity contribution in [3.63, 3.8) is 0 Å². The van der Waals surface area contributed by atoms with Gasteiger partial charge in [-0.15, -0.1) is 0 Å². The Bertz CT molecular complexity index is 849. The van der Waals surface area contributed by atoms with Crippen molar-refractivity contribution in [1.82, 2.24) is 0 Å². The minimum absolute atomic E-state index is 0.270. The molecule has 138 valence electrons. The summed E-state index contributed by atoms with van der Waals surface area (Å²) >= 11 is 5.54. The lowest BCUT2D eigenvalue weighted by atomic mass is 9.83. The molecule has 1 fully saturated rings. The van der Waals surface area contributed by atoms with Crippen LogP contribution in [0, 0.1) is 18.3 Å². The van der Waals surface area contributed by atoms with Gasteiger partial charge in [-0.2, -0.15) is 13.2 Å². The van der Waals surface area contributed by atoms with E-state index in [9.17, 15) is 13.2 Å². The first kappa shape index (κ1) is 19.0. The number of hydrogen-bond donors (Lipinski definition) is 0. The van der Waals surface area contributed by atoms with Crippen molar-refractivity contribution in [1.29, 1.82) is 0 Å². The van der Waals surface area contributed by atoms with Crippen LogP contribution in [0.3, 0.4) is 0 Å². The molecule has 0 aromatic heterocycles. The third kappa shape index (κ3) is 2.87. The summed E-state index contributed by atoms with van der Waals surface area (Å²) in [6, 6.07) is 16.1. The SMILES string of the molecule is Cc1c(-c2ccccc2)cccc1C1(C)C(C=C(Cl)C(F)(F)F)C1(C)C. The van der Waals surface area contributed by atoms with Crippen molar-refractivity contribution < 1.29 is 13.2 Å². The second-order valence-corrected chi connectivity index (χ2v) is 8.17. The zero-order valence-electron chi connectivity index (χ0n) is 15.3. The van der Waals surface area contributed by atoms with E-state index in [1.54, 1.807) is 0 Å². The Labute approximate surface area is 157 Å². The van der Waals surface area contributed by atoms with Crippen LogP contribution in [0.15, 0.2) is 59.6 Å². The van der Waals surface area contributed by atoms with E-state index in [-0.39, 0.29) is 11.3 Å². The molecular formula is C22H22ClF3. The number of allylic oxidation sites excluding steroid dienone is 2. The molecule has 2 atom stereocenters. The van der Waals surface area contributed by atoms with E-state index in [1.807, 2.05) is 70.2 Å². The summed E-state index contributed by atoms with van der Waals surface area (Å²) in [5.41, 5.74) is 3.70. The van der Waals surface area contributed by atoms with Crippen LogP contribution in [-0.4, -0.2) is 6.18 Å². The maximum atomic E-state index is 12.9. The molecule has 0 aliphatic heterocycles. The summed E-state index contributed by atoms with van der Waals surface area (Å²) in [7, 11) is 0. The van der Waals surface area contributed by atoms with Gasteiger partial charge in [-0.05, 0) is 40.5 Å². The third-order valence-corrected chi connectivity index (χ3v) is 6.56. The summed E-state index contributed by atoms with van der Waals surface area (Å²) in [4.78, 5) is 0. The van der Waals surface area contributed by atoms with Gasteiger partial charge >= 0.3 is 6.18 Å². The van der Waals surface area contributed by atoms with E-state index >= 15 is 0 Å². The molecule has 2 aromatic carbocycles. The molecule has 1 aliphatic rings. The summed E-state index contributed by atoms with van der Waals surface area (Å²) in [5, 5.41) is -1.03. The predicted molar refractivity (Wildman–Crippen MR) is 101 cm³/mol. The van der Waals surface area contributed by atoms with E-state index in [0.717, 1.165) is 22.3 Å². The van der Waals surface area contributed by atoms with Gasteiger partial charge in [0.25, 0.3) is 0 Å². The summed E-state index contributed by atoms with van der Waals surface area (Å²) < 4.78 is 38.7. The Kier molecular flexibility index (Phi) is 4.51. The number of benzene rings is 2. The molecule has 0 saturated heterocycles. The van der Waals surface area contributed by atoms with Crippen LogP contribution in [0.1, 0.15) is 31.9 Å². The zero-order valence-corrected chi connectivity index (χ0v) is 16.0. The van der Waals surface area contributed by atoms with Gasteiger partial charge in [-0.1, -0.05) is 87.0 Å². The molecule has 1 saturated carbocycles. The van der Waals surface area contributed by atoms with Crippen LogP contribution in [-0.2, 0) is 5.41 Å². The molecule has 0 spiro atoms. The largest absolute Gasteiger partial charge is 0.426 e. The molecule has 0 bridgehead atoms. The van der Waals surface area contributed by atoms with Crippen molar-refractivity contribution in [2.24, 2.45) is 11.3 Å². The van der Waals surface area contributed by atoms with Gasteiger partial charge in [0.15, 0.2) is 0 Å². The molecule has 0 amide bonds. The Morgan fingerprint density at radius 1 is 1.00 bits per heavy atom. The van der Waals surface area contributed by atoms with Gasteiger partial charge in [-0.3, -0.25) is 0 Å². The van der Waals surface area contributed by atoms with Crippen molar-refractivity contribution in [3.8, 4) is 11.1 Å². The van der Waals surface area contributed by atoms with Crippen LogP contribution in [0.5, 0.6) is 0 Å². The molecule has 2 aromatic rings. The Hall–Kier alpha value is -1.74. The standard InChI is InChI=1S/C22H22ClF3/c1-14-16(15-9-6-5-7-10-15)11-8-12-17(14)21(4)18(20(21,2)3)13-19(23)22(24,25)26/h5-13,18H,1-4H3. The van der Waals surface area contributed by atoms with Crippen molar-refractivity contribution in [2.45, 2.75) is 39.3 Å². The van der Waals surface area contributed by atoms with Gasteiger partial charge < -0.3 is 0 Å². The Balaban J connectivity index is 2.07. The molecule has 0 N–H and O–H groups in total. The second-order valence-electron chi connectivity index (χ2n) is 7.76. The first-order valence-electron chi connectivity index (χ1n) is 8.61. The van der Waals surface area contributed by atoms with E-state index < -0.39 is 16.6 Å². The highest BCUT2D eigenvalue weighted by Gasteiger charge is 2.68. The van der Waals surface area contributed by atoms with Crippen LogP contribution >= 0.6 is 11.6 Å². The average Bonchev–Trinajstić information content (AvgIpc) is 3.00. The van der Waals surface area contributed by atoms with Gasteiger partial charge in [0.2, 0.25) is 0 Å². The quantitative estimate of drug-likeness (QED) is 0.527. The van der Waals surface area contributed by atoms with E-state index in [4.69, 9.17) is 11.6 Å². The van der Waals surface area contributed by atoms with Crippen LogP contribution in [0.25, 0.3) is 11.1 Å². The summed E-state index contributed by atoms with van der Waals surface area (Å²) in [5.74, 6) is -0.270. The highest BCUT2D eigenvalue weighted by molar-refractivity contribution is 6.30. The topological polar surface area (TPSA) is 0 Å². The molecule has 26 heavy (non-hydrogen) atoms. The van der Waals surface area contributed by atoms with Crippen molar-refractivity contribution in [3.05, 3.63) is 70.8 Å². The molecule has 0 nitrogen and oxygen atoms in total. The van der Waals surface area contributed by atoms with Gasteiger partial charge in [-0.25, -0.2) is 0 Å². The maximum Gasteiger partial charge on any atom is 0.426 e. The molecule has 0 heterocycles. The molecule has 3 rings (SSSR count). The fraction of sp³-hybridized carbons (Fsp3) is 0.364. The fourth-order valence-electron chi connectivity index (χ4n) is 4.28. The molecular weight excluding hydrogens is 357 g/mol. The zero-order chi connectivity index (χ0) is 19.3. The number of halogens is 4. The van der Waals surface area contributed by atoms with Gasteiger partial charge in [0, 0.05) is 5.41 Å². The predicted octanol–water partition coefficient (Wildman–Crippen LogP) is 7.26. The van der Waals surface area contributed by atoms with Crippen LogP contribution < -0.4 is 0 Å². The molecule has 1 aliphatic carbocycles. The number of rotatable bonds is 3. The minimum atomic E-state index is -4.50. The lowest BCUT2D eigenvalue weighted by Crippen LogP contribution is -2.12. The van der Waals surface area contributed by atoms with Crippen LogP contribution in [0.4, 0.5) is 13.2 Å². The maximum absolute atomic E-state index is 12.9. The lowest BCUT2D eigenvalue weighted by Gasteiger charge is -2.20. The van der Waals surface area contributed by atoms with Crippen molar-refractivity contribution in [2.75, 3.05) is 0 Å². The average molecular weight is 379 g/mol. The normalized spacial score (nSPS) is 25.2. The van der Waals surface area contributed by atoms with E-state index in [0.29, 0.717) is 0 Å². The third-order valence-electron chi connectivity index (χ3n) is 6.22. The first-order valence-corrected chi connectivity index (χ1v) is 8.99. The van der Waals surface area contributed by atoms with Gasteiger partial charge in [0.05, 0.1) is 0 Å². The smallest absolute Gasteiger partial charge is 0.165 e. The molecule has 2 unspecified atom stereocenters. The summed E-state index contributed by atoms with van der Waals surface area (Å²) in [6.45, 7) is 8.09. The highest BCUT2D eigenvalue weighted by atomic mass is 35.5. The monoisotopic (exact) mass is 378 g/mol. The number of hydrogen-bond acceptors (Lipinski definition) is 0. The van der Waals surface area contributed by atoms with E-state index in [1.165, 1.54) is 6.08 Å². The minimum Gasteiger partial charge on any atom is -0.165 e. The fourth-order valence-corrected chi connectivity index (χ4v) is 4.41. The molecule has 4 heteroatoms. The Morgan fingerprint density at radius 2 is 1.62 bits per heavy atom. The van der Waals surface area contributed by atoms with Gasteiger partial charge in [0.1, 0.15) is 5.03 Å². The second kappa shape index (κ2) is 6.16. The number of alkyl halides is 3. The van der Waals surface area contributed by atoms with Crippen molar-refractivity contribution >= 4 is 11.6 Å². The molecule has 0 radical (unpaired) electrons. The summed E-state index contributed by atoms with van der Waals surface area (Å²) in [6.07, 6.45) is -3.31. The Morgan fingerprint density at radius 3 is 2.19 bits per heavy atom. The van der Waals surface area contributed by atoms with E-state index in [2.05, 4.69) is 6.07 Å². The lowest BCUT2D eigenvalue weighted by molar-refractivity contribution is -0.0848. The first-order chi connectivity index (χ1) is 12.0.